The predicted octanol–water partition coefficient (Wildman–Crippen LogP) is 4.89. The number of carbonyl (C=O) groups is 1. The summed E-state index contributed by atoms with van der Waals surface area (Å²) in [6.45, 7) is 7.57. The molecule has 6 heteroatoms. The number of nitrogens with zero attached hydrogens (tertiary/aromatic N) is 3. The molecular weight excluding hydrogens is 406 g/mol. The van der Waals surface area contributed by atoms with E-state index in [0.29, 0.717) is 16.1 Å². The van der Waals surface area contributed by atoms with Crippen LogP contribution in [0.25, 0.3) is 16.6 Å². The van der Waals surface area contributed by atoms with Gasteiger partial charge in [0, 0.05) is 13.1 Å². The van der Waals surface area contributed by atoms with Crippen molar-refractivity contribution in [2.45, 2.75) is 56.9 Å². The molecule has 1 atom stereocenters. The number of rotatable bonds is 4. The number of benzene rings is 2. The van der Waals surface area contributed by atoms with Crippen LogP contribution in [0.1, 0.15) is 43.7 Å². The molecule has 1 aromatic heterocycles. The van der Waals surface area contributed by atoms with Gasteiger partial charge in [0.2, 0.25) is 5.91 Å². The lowest BCUT2D eigenvalue weighted by molar-refractivity contribution is -0.130. The summed E-state index contributed by atoms with van der Waals surface area (Å²) in [5.74, 6) is 0.127. The number of para-hydroxylation sites is 2. The molecule has 0 bridgehead atoms. The summed E-state index contributed by atoms with van der Waals surface area (Å²) in [6.07, 6.45) is 4.49. The van der Waals surface area contributed by atoms with Crippen LogP contribution in [-0.2, 0) is 4.79 Å². The lowest BCUT2D eigenvalue weighted by Gasteiger charge is -2.24. The summed E-state index contributed by atoms with van der Waals surface area (Å²) in [6, 6.07) is 13.4. The molecule has 162 valence electrons. The van der Waals surface area contributed by atoms with Crippen LogP contribution in [0.2, 0.25) is 0 Å². The molecule has 1 aliphatic rings. The van der Waals surface area contributed by atoms with E-state index >= 15 is 0 Å². The van der Waals surface area contributed by atoms with Gasteiger partial charge in [0.25, 0.3) is 5.56 Å². The number of hydrogen-bond donors (Lipinski definition) is 0. The zero-order valence-electron chi connectivity index (χ0n) is 18.4. The molecule has 2 aromatic carbocycles. The monoisotopic (exact) mass is 435 g/mol. The zero-order chi connectivity index (χ0) is 22.0. The van der Waals surface area contributed by atoms with Crippen molar-refractivity contribution >= 4 is 28.6 Å². The molecule has 1 amide bonds. The summed E-state index contributed by atoms with van der Waals surface area (Å²) in [5, 5.41) is 0.833. The van der Waals surface area contributed by atoms with Crippen molar-refractivity contribution in [3.05, 3.63) is 63.9 Å². The van der Waals surface area contributed by atoms with Gasteiger partial charge in [-0.1, -0.05) is 54.9 Å². The van der Waals surface area contributed by atoms with Crippen LogP contribution in [0.4, 0.5) is 0 Å². The quantitative estimate of drug-likeness (QED) is 0.433. The van der Waals surface area contributed by atoms with E-state index in [2.05, 4.69) is 0 Å². The van der Waals surface area contributed by atoms with Crippen LogP contribution >= 0.6 is 11.8 Å². The zero-order valence-corrected chi connectivity index (χ0v) is 19.2. The van der Waals surface area contributed by atoms with Crippen molar-refractivity contribution < 1.29 is 4.79 Å². The second kappa shape index (κ2) is 9.27. The van der Waals surface area contributed by atoms with Crippen molar-refractivity contribution in [1.82, 2.24) is 14.5 Å². The molecule has 31 heavy (non-hydrogen) atoms. The van der Waals surface area contributed by atoms with Crippen molar-refractivity contribution in [1.29, 1.82) is 0 Å². The molecule has 4 rings (SSSR count). The molecule has 1 saturated heterocycles. The first-order valence-electron chi connectivity index (χ1n) is 11.0. The number of carbonyl (C=O) groups excluding carboxylic acids is 1. The lowest BCUT2D eigenvalue weighted by atomic mass is 10.1. The molecule has 0 N–H and O–H groups in total. The number of aryl methyl sites for hydroxylation is 2. The first kappa shape index (κ1) is 21.6. The number of hydrogen-bond acceptors (Lipinski definition) is 4. The van der Waals surface area contributed by atoms with E-state index in [1.54, 1.807) is 4.57 Å². The Morgan fingerprint density at radius 1 is 0.968 bits per heavy atom. The lowest BCUT2D eigenvalue weighted by Crippen LogP contribution is -2.37. The molecule has 0 aliphatic carbocycles. The number of thioether (sulfide) groups is 1. The third-order valence-corrected chi connectivity index (χ3v) is 7.00. The summed E-state index contributed by atoms with van der Waals surface area (Å²) < 4.78 is 1.70. The highest BCUT2D eigenvalue weighted by molar-refractivity contribution is 8.00. The maximum absolute atomic E-state index is 13.6. The van der Waals surface area contributed by atoms with E-state index in [9.17, 15) is 9.59 Å². The molecule has 5 nitrogen and oxygen atoms in total. The van der Waals surface area contributed by atoms with Crippen LogP contribution in [0.5, 0.6) is 0 Å². The van der Waals surface area contributed by atoms with Crippen LogP contribution in [-0.4, -0.2) is 38.7 Å². The highest BCUT2D eigenvalue weighted by atomic mass is 32.2. The predicted molar refractivity (Wildman–Crippen MR) is 127 cm³/mol. The van der Waals surface area contributed by atoms with Crippen LogP contribution < -0.4 is 5.56 Å². The van der Waals surface area contributed by atoms with E-state index in [4.69, 9.17) is 4.98 Å². The van der Waals surface area contributed by atoms with Gasteiger partial charge in [-0.2, -0.15) is 0 Å². The molecule has 1 unspecified atom stereocenters. The van der Waals surface area contributed by atoms with Crippen LogP contribution in [0, 0.1) is 13.8 Å². The fraction of sp³-hybridized carbons (Fsp3) is 0.400. The highest BCUT2D eigenvalue weighted by Gasteiger charge is 2.25. The Hall–Kier alpha value is -2.60. The van der Waals surface area contributed by atoms with E-state index in [1.807, 2.05) is 68.1 Å². The first-order valence-corrected chi connectivity index (χ1v) is 11.9. The molecule has 0 radical (unpaired) electrons. The Morgan fingerprint density at radius 3 is 2.29 bits per heavy atom. The molecule has 3 aromatic rings. The molecule has 1 aliphatic heterocycles. The maximum atomic E-state index is 13.6. The van der Waals surface area contributed by atoms with Gasteiger partial charge >= 0.3 is 0 Å². The first-order chi connectivity index (χ1) is 15.0. The minimum absolute atomic E-state index is 0.0973. The summed E-state index contributed by atoms with van der Waals surface area (Å²) in [7, 11) is 0. The van der Waals surface area contributed by atoms with Crippen LogP contribution in [0.3, 0.4) is 0 Å². The second-order valence-electron chi connectivity index (χ2n) is 8.29. The topological polar surface area (TPSA) is 55.2 Å². The Kier molecular flexibility index (Phi) is 6.46. The Bertz CT molecular complexity index is 1140. The van der Waals surface area contributed by atoms with Gasteiger partial charge in [-0.3, -0.25) is 14.2 Å². The third-order valence-electron chi connectivity index (χ3n) is 5.96. The van der Waals surface area contributed by atoms with Gasteiger partial charge in [0.05, 0.1) is 21.8 Å². The number of likely N-dealkylation sites (tertiary alicyclic amines) is 1. The summed E-state index contributed by atoms with van der Waals surface area (Å²) >= 11 is 1.38. The number of amides is 1. The van der Waals surface area contributed by atoms with Gasteiger partial charge in [-0.25, -0.2) is 4.98 Å². The Labute approximate surface area is 187 Å². The minimum Gasteiger partial charge on any atom is -0.342 e. The molecule has 0 saturated carbocycles. The molecule has 2 heterocycles. The van der Waals surface area contributed by atoms with E-state index in [-0.39, 0.29) is 16.7 Å². The highest BCUT2D eigenvalue weighted by Crippen LogP contribution is 2.29. The normalized spacial score (nSPS) is 15.6. The van der Waals surface area contributed by atoms with Gasteiger partial charge in [-0.05, 0) is 56.9 Å². The van der Waals surface area contributed by atoms with Gasteiger partial charge in [0.15, 0.2) is 5.16 Å². The second-order valence-corrected chi connectivity index (χ2v) is 9.60. The average Bonchev–Trinajstić information content (AvgIpc) is 3.04. The molecular formula is C25H29N3O2S. The summed E-state index contributed by atoms with van der Waals surface area (Å²) in [4.78, 5) is 33.6. The minimum atomic E-state index is -0.318. The van der Waals surface area contributed by atoms with Gasteiger partial charge < -0.3 is 4.90 Å². The third kappa shape index (κ3) is 4.40. The van der Waals surface area contributed by atoms with E-state index < -0.39 is 0 Å². The number of aromatic nitrogens is 2. The Morgan fingerprint density at radius 2 is 1.61 bits per heavy atom. The van der Waals surface area contributed by atoms with Gasteiger partial charge in [-0.15, -0.1) is 0 Å². The maximum Gasteiger partial charge on any atom is 0.266 e. The SMILES string of the molecule is Cc1cccc(C)c1-n1c(SC(C)C(=O)N2CCCCCC2)nc2ccccc2c1=O. The summed E-state index contributed by atoms with van der Waals surface area (Å²) in [5.41, 5.74) is 3.43. The smallest absolute Gasteiger partial charge is 0.266 e. The fourth-order valence-corrected chi connectivity index (χ4v) is 5.30. The molecule has 1 fully saturated rings. The fourth-order valence-electron chi connectivity index (χ4n) is 4.30. The van der Waals surface area contributed by atoms with Crippen molar-refractivity contribution in [2.24, 2.45) is 0 Å². The van der Waals surface area contributed by atoms with Gasteiger partial charge in [0.1, 0.15) is 0 Å². The van der Waals surface area contributed by atoms with E-state index in [1.165, 1.54) is 24.6 Å². The largest absolute Gasteiger partial charge is 0.342 e. The van der Waals surface area contributed by atoms with E-state index in [0.717, 1.165) is 42.7 Å². The van der Waals surface area contributed by atoms with Crippen molar-refractivity contribution in [3.63, 3.8) is 0 Å². The molecule has 0 spiro atoms. The average molecular weight is 436 g/mol. The Balaban J connectivity index is 1.79. The van der Waals surface area contributed by atoms with Crippen LogP contribution in [0.15, 0.2) is 52.4 Å². The number of fused-ring (bicyclic) bond motifs is 1. The van der Waals surface area contributed by atoms with Crippen molar-refractivity contribution in [3.8, 4) is 5.69 Å². The van der Waals surface area contributed by atoms with Crippen molar-refractivity contribution in [2.75, 3.05) is 13.1 Å². The standard InChI is InChI=1S/C25H29N3O2S/c1-17-11-10-12-18(2)22(17)28-24(30)20-13-6-7-14-21(20)26-25(28)31-19(3)23(29)27-15-8-4-5-9-16-27/h6-7,10-14,19H,4-5,8-9,15-16H2,1-3H3.